The fourth-order valence-corrected chi connectivity index (χ4v) is 0.674. The highest BCUT2D eigenvalue weighted by molar-refractivity contribution is 4.42. The van der Waals surface area contributed by atoms with Gasteiger partial charge in [-0.25, -0.2) is 0 Å². The number of nitrogens with zero attached hydrogens (tertiary/aromatic N) is 2. The maximum atomic E-state index is 10.0. The zero-order valence-corrected chi connectivity index (χ0v) is 6.23. The molecule has 0 rings (SSSR count). The maximum Gasteiger partial charge on any atom is 0.450 e. The Morgan fingerprint density at radius 2 is 1.73 bits per heavy atom. The van der Waals surface area contributed by atoms with Crippen LogP contribution in [0.4, 0.5) is 0 Å². The lowest BCUT2D eigenvalue weighted by Gasteiger charge is -1.99. The van der Waals surface area contributed by atoms with E-state index in [9.17, 15) is 20.2 Å². The summed E-state index contributed by atoms with van der Waals surface area (Å²) in [5, 5.41) is 20.0. The molecule has 0 aliphatic carbocycles. The molecule has 6 heteroatoms. The Morgan fingerprint density at radius 1 is 1.27 bits per heavy atom. The van der Waals surface area contributed by atoms with Crippen LogP contribution in [-0.2, 0) is 0 Å². The van der Waals surface area contributed by atoms with Crippen molar-refractivity contribution in [1.29, 1.82) is 0 Å². The summed E-state index contributed by atoms with van der Waals surface area (Å²) >= 11 is 0. The van der Waals surface area contributed by atoms with Crippen LogP contribution in [0, 0.1) is 20.2 Å². The van der Waals surface area contributed by atoms with Crippen LogP contribution in [0.3, 0.4) is 0 Å². The highest BCUT2D eigenvalue weighted by atomic mass is 16.7. The molecule has 0 N–H and O–H groups in total. The molecule has 0 fully saturated rings. The fourth-order valence-electron chi connectivity index (χ4n) is 0.674. The molecule has 0 aromatic rings. The first-order valence-electron chi connectivity index (χ1n) is 3.36. The third-order valence-electron chi connectivity index (χ3n) is 1.30. The van der Waals surface area contributed by atoms with Gasteiger partial charge < -0.3 is 0 Å². The molecule has 0 saturated heterocycles. The predicted octanol–water partition coefficient (Wildman–Crippen LogP) is 1.06. The van der Waals surface area contributed by atoms with E-state index >= 15 is 0 Å². The Kier molecular flexibility index (Phi) is 4.09. The van der Waals surface area contributed by atoms with Gasteiger partial charge in [-0.15, -0.1) is 0 Å². The first-order valence-corrected chi connectivity index (χ1v) is 3.36. The van der Waals surface area contributed by atoms with Crippen LogP contribution < -0.4 is 0 Å². The topological polar surface area (TPSA) is 86.3 Å². The van der Waals surface area contributed by atoms with Gasteiger partial charge in [-0.2, -0.15) is 0 Å². The van der Waals surface area contributed by atoms with Gasteiger partial charge >= 0.3 is 6.17 Å². The molecule has 0 aliphatic rings. The van der Waals surface area contributed by atoms with Crippen molar-refractivity contribution in [1.82, 2.24) is 0 Å². The van der Waals surface area contributed by atoms with Gasteiger partial charge in [-0.3, -0.25) is 20.2 Å². The third-order valence-corrected chi connectivity index (χ3v) is 1.30. The first kappa shape index (κ1) is 9.80. The zero-order valence-electron chi connectivity index (χ0n) is 6.23. The van der Waals surface area contributed by atoms with Gasteiger partial charge in [0.05, 0.1) is 16.3 Å². The molecular formula is C5H10N2O4. The van der Waals surface area contributed by atoms with Crippen molar-refractivity contribution < 1.29 is 9.85 Å². The Morgan fingerprint density at radius 3 is 2.00 bits per heavy atom. The molecule has 0 unspecified atom stereocenters. The molecule has 0 amide bonds. The fraction of sp³-hybridized carbons (Fsp3) is 1.00. The molecule has 11 heavy (non-hydrogen) atoms. The minimum absolute atomic E-state index is 0.0243. The summed E-state index contributed by atoms with van der Waals surface area (Å²) in [5.41, 5.74) is 0. The summed E-state index contributed by atoms with van der Waals surface area (Å²) in [7, 11) is 0. The van der Waals surface area contributed by atoms with E-state index in [1.54, 1.807) is 0 Å². The minimum Gasteiger partial charge on any atom is -0.259 e. The van der Waals surface area contributed by atoms with Gasteiger partial charge in [-0.05, 0) is 6.42 Å². The van der Waals surface area contributed by atoms with Crippen LogP contribution in [0.25, 0.3) is 0 Å². The minimum atomic E-state index is -1.62. The van der Waals surface area contributed by atoms with E-state index in [1.165, 1.54) is 0 Å². The van der Waals surface area contributed by atoms with Gasteiger partial charge in [0, 0.05) is 0 Å². The maximum absolute atomic E-state index is 10.0. The molecule has 0 aliphatic heterocycles. The molecule has 0 atom stereocenters. The van der Waals surface area contributed by atoms with Crippen molar-refractivity contribution in [2.24, 2.45) is 0 Å². The lowest BCUT2D eigenvalue weighted by molar-refractivity contribution is -0.743. The Hall–Kier alpha value is -1.20. The van der Waals surface area contributed by atoms with Crippen molar-refractivity contribution in [3.63, 3.8) is 0 Å². The van der Waals surface area contributed by atoms with Crippen molar-refractivity contribution in [3.05, 3.63) is 20.2 Å². The highest BCUT2D eigenvalue weighted by Crippen LogP contribution is 2.03. The Bertz CT molecular complexity index is 145. The summed E-state index contributed by atoms with van der Waals surface area (Å²) in [4.78, 5) is 18.3. The smallest absolute Gasteiger partial charge is 0.259 e. The standard InChI is InChI=1S/C5H10N2O4/c1-2-3-4-5(6(8)9)7(10)11/h5H,2-4H2,1H3. The van der Waals surface area contributed by atoms with Crippen LogP contribution in [0.15, 0.2) is 0 Å². The van der Waals surface area contributed by atoms with Crippen molar-refractivity contribution in [3.8, 4) is 0 Å². The van der Waals surface area contributed by atoms with Crippen molar-refractivity contribution in [2.75, 3.05) is 0 Å². The van der Waals surface area contributed by atoms with E-state index in [2.05, 4.69) is 0 Å². The average molecular weight is 162 g/mol. The van der Waals surface area contributed by atoms with Crippen LogP contribution >= 0.6 is 0 Å². The normalized spacial score (nSPS) is 10.0. The summed E-state index contributed by atoms with van der Waals surface area (Å²) in [5.74, 6) is 0. The van der Waals surface area contributed by atoms with E-state index in [-0.39, 0.29) is 6.42 Å². The SMILES string of the molecule is CCCCC([N+](=O)[O-])[N+](=O)[O-]. The summed E-state index contributed by atoms with van der Waals surface area (Å²) in [6.07, 6.45) is -0.337. The number of nitro groups is 2. The average Bonchev–Trinajstić information content (AvgIpc) is 1.87. The van der Waals surface area contributed by atoms with Gasteiger partial charge in [0.1, 0.15) is 0 Å². The monoisotopic (exact) mass is 162 g/mol. The van der Waals surface area contributed by atoms with E-state index in [0.717, 1.165) is 6.42 Å². The van der Waals surface area contributed by atoms with Crippen LogP contribution in [0.2, 0.25) is 0 Å². The molecule has 0 bridgehead atoms. The third kappa shape index (κ3) is 3.49. The molecule has 0 spiro atoms. The number of hydrogen-bond acceptors (Lipinski definition) is 4. The first-order chi connectivity index (χ1) is 5.09. The van der Waals surface area contributed by atoms with Crippen molar-refractivity contribution >= 4 is 0 Å². The second kappa shape index (κ2) is 4.59. The Labute approximate surface area is 63.5 Å². The molecule has 0 radical (unpaired) electrons. The van der Waals surface area contributed by atoms with Gasteiger partial charge in [0.15, 0.2) is 0 Å². The largest absolute Gasteiger partial charge is 0.450 e. The number of hydrogen-bond donors (Lipinski definition) is 0. The molecule has 64 valence electrons. The van der Waals surface area contributed by atoms with Crippen LogP contribution in [0.5, 0.6) is 0 Å². The van der Waals surface area contributed by atoms with E-state index < -0.39 is 16.0 Å². The molecular weight excluding hydrogens is 152 g/mol. The van der Waals surface area contributed by atoms with E-state index in [0.29, 0.717) is 6.42 Å². The lowest BCUT2D eigenvalue weighted by Crippen LogP contribution is -2.28. The van der Waals surface area contributed by atoms with E-state index in [1.807, 2.05) is 6.92 Å². The van der Waals surface area contributed by atoms with Crippen molar-refractivity contribution in [2.45, 2.75) is 32.4 Å². The quantitative estimate of drug-likeness (QED) is 0.343. The molecule has 0 aromatic carbocycles. The second-order valence-electron chi connectivity index (χ2n) is 2.19. The van der Waals surface area contributed by atoms with E-state index in [4.69, 9.17) is 0 Å². The molecule has 6 nitrogen and oxygen atoms in total. The molecule has 0 aromatic heterocycles. The van der Waals surface area contributed by atoms with Gasteiger partial charge in [-0.1, -0.05) is 13.3 Å². The zero-order chi connectivity index (χ0) is 8.85. The summed E-state index contributed by atoms with van der Waals surface area (Å²) < 4.78 is 0. The molecule has 0 saturated carbocycles. The lowest BCUT2D eigenvalue weighted by atomic mass is 10.2. The van der Waals surface area contributed by atoms with Crippen LogP contribution in [-0.4, -0.2) is 16.0 Å². The number of rotatable bonds is 5. The molecule has 0 heterocycles. The second-order valence-corrected chi connectivity index (χ2v) is 2.19. The van der Waals surface area contributed by atoms with Crippen LogP contribution in [0.1, 0.15) is 26.2 Å². The van der Waals surface area contributed by atoms with Gasteiger partial charge in [0.2, 0.25) is 0 Å². The summed E-state index contributed by atoms with van der Waals surface area (Å²) in [6.45, 7) is 1.83. The highest BCUT2D eigenvalue weighted by Gasteiger charge is 2.30. The Balaban J connectivity index is 3.90. The predicted molar refractivity (Wildman–Crippen MR) is 37.3 cm³/mol. The summed E-state index contributed by atoms with van der Waals surface area (Å²) in [6, 6.07) is 0. The van der Waals surface area contributed by atoms with Gasteiger partial charge in [0.25, 0.3) is 0 Å². The number of unbranched alkanes of at least 4 members (excludes halogenated alkanes) is 1.